The largest absolute Gasteiger partial charge is 0.356 e. The number of rotatable bonds is 2. The van der Waals surface area contributed by atoms with Crippen molar-refractivity contribution in [2.24, 2.45) is 5.92 Å². The highest BCUT2D eigenvalue weighted by molar-refractivity contribution is 6.34. The van der Waals surface area contributed by atoms with E-state index in [1.165, 1.54) is 6.92 Å². The number of hydrogen-bond acceptors (Lipinski definition) is 4. The highest BCUT2D eigenvalue weighted by Crippen LogP contribution is 2.17. The number of carbonyl (C=O) groups is 3. The van der Waals surface area contributed by atoms with E-state index in [0.717, 1.165) is 25.9 Å². The summed E-state index contributed by atoms with van der Waals surface area (Å²) in [7, 11) is 0. The Morgan fingerprint density at radius 3 is 2.05 bits per heavy atom. The summed E-state index contributed by atoms with van der Waals surface area (Å²) in [5, 5.41) is 5.97. The number of hydrogen-bond donors (Lipinski definition) is 2. The molecule has 0 aromatic rings. The summed E-state index contributed by atoms with van der Waals surface area (Å²) in [6, 6.07) is 0. The third-order valence-corrected chi connectivity index (χ3v) is 4.13. The first-order valence-corrected chi connectivity index (χ1v) is 7.61. The molecule has 118 valence electrons. The molecule has 0 atom stereocenters. The van der Waals surface area contributed by atoms with Crippen molar-refractivity contribution in [1.29, 1.82) is 0 Å². The Morgan fingerprint density at radius 1 is 1.00 bits per heavy atom. The normalized spacial score (nSPS) is 20.2. The third kappa shape index (κ3) is 4.42. The van der Waals surface area contributed by atoms with Gasteiger partial charge in [0.2, 0.25) is 5.91 Å². The van der Waals surface area contributed by atoms with E-state index in [2.05, 4.69) is 10.6 Å². The summed E-state index contributed by atoms with van der Waals surface area (Å²) in [6.45, 7) is 6.05. The summed E-state index contributed by atoms with van der Waals surface area (Å²) in [5.74, 6) is -0.388. The summed E-state index contributed by atoms with van der Waals surface area (Å²) >= 11 is 0. The lowest BCUT2D eigenvalue weighted by Gasteiger charge is -2.34. The quantitative estimate of drug-likeness (QED) is 0.627. The van der Waals surface area contributed by atoms with Gasteiger partial charge in [-0.05, 0) is 18.8 Å². The van der Waals surface area contributed by atoms with E-state index >= 15 is 0 Å². The molecule has 7 nitrogen and oxygen atoms in total. The van der Waals surface area contributed by atoms with E-state index in [9.17, 15) is 14.4 Å². The summed E-state index contributed by atoms with van der Waals surface area (Å²) < 4.78 is 0. The average Bonchev–Trinajstić information content (AvgIpc) is 2.53. The molecule has 0 aromatic carbocycles. The molecule has 2 rings (SSSR count). The number of nitrogens with one attached hydrogen (secondary N) is 2. The topological polar surface area (TPSA) is 81.8 Å². The van der Waals surface area contributed by atoms with Crippen molar-refractivity contribution in [3.63, 3.8) is 0 Å². The van der Waals surface area contributed by atoms with Gasteiger partial charge in [0.05, 0.1) is 0 Å². The Balaban J connectivity index is 1.77. The third-order valence-electron chi connectivity index (χ3n) is 4.13. The Labute approximate surface area is 125 Å². The van der Waals surface area contributed by atoms with Gasteiger partial charge in [-0.15, -0.1) is 0 Å². The summed E-state index contributed by atoms with van der Waals surface area (Å²) in [5.41, 5.74) is 0. The van der Waals surface area contributed by atoms with Gasteiger partial charge >= 0.3 is 11.8 Å². The van der Waals surface area contributed by atoms with Gasteiger partial charge in [-0.1, -0.05) is 0 Å². The molecule has 2 aliphatic rings. The lowest BCUT2D eigenvalue weighted by Crippen LogP contribution is -2.53. The molecule has 0 aromatic heterocycles. The van der Waals surface area contributed by atoms with Crippen LogP contribution in [-0.2, 0) is 14.4 Å². The van der Waals surface area contributed by atoms with Crippen molar-refractivity contribution in [3.8, 4) is 0 Å². The van der Waals surface area contributed by atoms with Crippen molar-refractivity contribution in [2.45, 2.75) is 19.8 Å². The van der Waals surface area contributed by atoms with Crippen molar-refractivity contribution in [2.75, 3.05) is 45.8 Å². The minimum absolute atomic E-state index is 0.0256. The van der Waals surface area contributed by atoms with Gasteiger partial charge in [-0.2, -0.15) is 0 Å². The Morgan fingerprint density at radius 2 is 1.52 bits per heavy atom. The van der Waals surface area contributed by atoms with Gasteiger partial charge < -0.3 is 20.4 Å². The van der Waals surface area contributed by atoms with Crippen molar-refractivity contribution in [1.82, 2.24) is 20.4 Å². The molecular weight excluding hydrogens is 272 g/mol. The molecule has 2 saturated heterocycles. The number of piperidine rings is 1. The molecule has 0 saturated carbocycles. The number of piperazine rings is 1. The zero-order valence-corrected chi connectivity index (χ0v) is 12.6. The van der Waals surface area contributed by atoms with Crippen LogP contribution in [0.4, 0.5) is 0 Å². The van der Waals surface area contributed by atoms with Gasteiger partial charge in [0.1, 0.15) is 0 Å². The molecule has 2 heterocycles. The van der Waals surface area contributed by atoms with E-state index in [0.29, 0.717) is 38.6 Å². The summed E-state index contributed by atoms with van der Waals surface area (Å²) in [6.07, 6.45) is 1.67. The first-order valence-electron chi connectivity index (χ1n) is 7.61. The maximum atomic E-state index is 12.2. The molecule has 0 spiro atoms. The maximum absolute atomic E-state index is 12.2. The van der Waals surface area contributed by atoms with Gasteiger partial charge in [-0.3, -0.25) is 14.4 Å². The fraction of sp³-hybridized carbons (Fsp3) is 0.786. The zero-order valence-electron chi connectivity index (χ0n) is 12.6. The first kappa shape index (κ1) is 15.8. The van der Waals surface area contributed by atoms with Crippen LogP contribution in [0.5, 0.6) is 0 Å². The monoisotopic (exact) mass is 296 g/mol. The number of likely N-dealkylation sites (tertiary alicyclic amines) is 1. The molecule has 0 aliphatic carbocycles. The van der Waals surface area contributed by atoms with Crippen LogP contribution < -0.4 is 10.6 Å². The fourth-order valence-electron chi connectivity index (χ4n) is 2.77. The predicted octanol–water partition coefficient (Wildman–Crippen LogP) is -1.21. The highest BCUT2D eigenvalue weighted by atomic mass is 16.2. The molecule has 21 heavy (non-hydrogen) atoms. The standard InChI is InChI=1S/C14H24N4O3/c1-11(19)16-10-12-2-6-17(7-3-12)13(20)14(21)18-8-4-15-5-9-18/h12,15H,2-10H2,1H3,(H,16,19). The van der Waals surface area contributed by atoms with Crippen LogP contribution in [0, 0.1) is 5.92 Å². The van der Waals surface area contributed by atoms with E-state index in [1.807, 2.05) is 0 Å². The Hall–Kier alpha value is -1.63. The van der Waals surface area contributed by atoms with Crippen molar-refractivity contribution in [3.05, 3.63) is 0 Å². The van der Waals surface area contributed by atoms with E-state index in [4.69, 9.17) is 0 Å². The smallest absolute Gasteiger partial charge is 0.312 e. The van der Waals surface area contributed by atoms with Gasteiger partial charge in [0, 0.05) is 52.7 Å². The predicted molar refractivity (Wildman–Crippen MR) is 77.4 cm³/mol. The summed E-state index contributed by atoms with van der Waals surface area (Å²) in [4.78, 5) is 38.5. The van der Waals surface area contributed by atoms with Crippen molar-refractivity contribution < 1.29 is 14.4 Å². The maximum Gasteiger partial charge on any atom is 0.312 e. The Bertz CT molecular complexity index is 399. The van der Waals surface area contributed by atoms with Crippen LogP contribution >= 0.6 is 0 Å². The van der Waals surface area contributed by atoms with Gasteiger partial charge in [0.15, 0.2) is 0 Å². The molecule has 0 unspecified atom stereocenters. The molecule has 2 N–H and O–H groups in total. The number of nitrogens with zero attached hydrogens (tertiary/aromatic N) is 2. The number of carbonyl (C=O) groups excluding carboxylic acids is 3. The minimum Gasteiger partial charge on any atom is -0.356 e. The second-order valence-electron chi connectivity index (χ2n) is 5.71. The second-order valence-corrected chi connectivity index (χ2v) is 5.71. The average molecular weight is 296 g/mol. The molecule has 0 radical (unpaired) electrons. The fourth-order valence-corrected chi connectivity index (χ4v) is 2.77. The lowest BCUT2D eigenvalue weighted by atomic mass is 9.96. The zero-order chi connectivity index (χ0) is 15.2. The van der Waals surface area contributed by atoms with Gasteiger partial charge in [-0.25, -0.2) is 0 Å². The van der Waals surface area contributed by atoms with E-state index in [1.54, 1.807) is 9.80 Å². The van der Waals surface area contributed by atoms with Crippen LogP contribution in [0.3, 0.4) is 0 Å². The van der Waals surface area contributed by atoms with Crippen LogP contribution in [0.15, 0.2) is 0 Å². The molecule has 7 heteroatoms. The number of amides is 3. The van der Waals surface area contributed by atoms with Crippen LogP contribution in [-0.4, -0.2) is 73.3 Å². The first-order chi connectivity index (χ1) is 10.1. The molecule has 2 fully saturated rings. The molecule has 0 bridgehead atoms. The van der Waals surface area contributed by atoms with Gasteiger partial charge in [0.25, 0.3) is 0 Å². The lowest BCUT2D eigenvalue weighted by molar-refractivity contribution is -0.153. The van der Waals surface area contributed by atoms with Crippen molar-refractivity contribution >= 4 is 17.7 Å². The van der Waals surface area contributed by atoms with E-state index in [-0.39, 0.29) is 17.7 Å². The highest BCUT2D eigenvalue weighted by Gasteiger charge is 2.30. The second kappa shape index (κ2) is 7.40. The minimum atomic E-state index is -0.380. The van der Waals surface area contributed by atoms with E-state index < -0.39 is 0 Å². The Kier molecular flexibility index (Phi) is 5.55. The molecule has 3 amide bonds. The van der Waals surface area contributed by atoms with Crippen LogP contribution in [0.25, 0.3) is 0 Å². The van der Waals surface area contributed by atoms with Crippen LogP contribution in [0.2, 0.25) is 0 Å². The molecule has 2 aliphatic heterocycles. The molecular formula is C14H24N4O3. The van der Waals surface area contributed by atoms with Crippen LogP contribution in [0.1, 0.15) is 19.8 Å². The SMILES string of the molecule is CC(=O)NCC1CCN(C(=O)C(=O)N2CCNCC2)CC1.